The van der Waals surface area contributed by atoms with E-state index in [1.54, 1.807) is 0 Å². The number of hydrogen-bond donors (Lipinski definition) is 14. The van der Waals surface area contributed by atoms with Crippen molar-refractivity contribution in [3.8, 4) is 0 Å². The number of fused-ring (bicyclic) bond motifs is 3. The number of carbonyl (C=O) groups is 12. The van der Waals surface area contributed by atoms with Crippen LogP contribution in [0.5, 0.6) is 0 Å². The molecule has 12 unspecified atom stereocenters. The molecule has 0 saturated carbocycles. The van der Waals surface area contributed by atoms with Crippen molar-refractivity contribution < 1.29 is 100 Å². The summed E-state index contributed by atoms with van der Waals surface area (Å²) < 4.78 is 51.0. The smallest absolute Gasteiger partial charge is 0.315 e. The van der Waals surface area contributed by atoms with Gasteiger partial charge in [0.15, 0.2) is 0 Å². The van der Waals surface area contributed by atoms with E-state index in [1.807, 2.05) is 56.1 Å². The Kier molecular flexibility index (Phi) is 50.0. The highest BCUT2D eigenvalue weighted by Crippen LogP contribution is 2.40. The summed E-state index contributed by atoms with van der Waals surface area (Å²) >= 11 is 5.61. The number of amides is 14. The van der Waals surface area contributed by atoms with Crippen LogP contribution < -0.4 is 74.4 Å². The van der Waals surface area contributed by atoms with Crippen LogP contribution in [0.15, 0.2) is 18.2 Å². The van der Waals surface area contributed by atoms with Crippen molar-refractivity contribution in [3.05, 3.63) is 34.9 Å². The van der Waals surface area contributed by atoms with Crippen molar-refractivity contribution in [3.63, 3.8) is 0 Å². The van der Waals surface area contributed by atoms with E-state index in [-0.39, 0.29) is 120 Å². The predicted molar refractivity (Wildman–Crippen MR) is 457 cm³/mol. The summed E-state index contributed by atoms with van der Waals surface area (Å²) in [6.07, 6.45) is 13.8. The minimum Gasteiger partial charge on any atom is -0.379 e. The first-order valence-corrected chi connectivity index (χ1v) is 46.8. The van der Waals surface area contributed by atoms with Gasteiger partial charge in [-0.3, -0.25) is 47.9 Å². The number of urea groups is 2. The van der Waals surface area contributed by atoms with Crippen LogP contribution in [-0.2, 0) is 76.2 Å². The Morgan fingerprint density at radius 1 is 0.342 bits per heavy atom. The molecular weight excluding hydrogens is 1610 g/mol. The molecule has 0 aromatic heterocycles. The zero-order valence-corrected chi connectivity index (χ0v) is 73.1. The van der Waals surface area contributed by atoms with Gasteiger partial charge in [0.1, 0.15) is 18.1 Å². The molecule has 0 aliphatic carbocycles. The summed E-state index contributed by atoms with van der Waals surface area (Å²) in [6.45, 7) is 13.8. The molecule has 0 radical (unpaired) electrons. The van der Waals surface area contributed by atoms with Crippen molar-refractivity contribution in [2.24, 2.45) is 5.92 Å². The molecule has 12 atom stereocenters. The maximum atomic E-state index is 13.6. The number of hydrogen-bond acceptors (Lipinski definition) is 24. The van der Waals surface area contributed by atoms with Gasteiger partial charge < -0.3 is 117 Å². The third-order valence-electron chi connectivity index (χ3n) is 21.2. The lowest BCUT2D eigenvalue weighted by Crippen LogP contribution is -2.46. The van der Waals surface area contributed by atoms with Gasteiger partial charge >= 0.3 is 12.1 Å². The van der Waals surface area contributed by atoms with E-state index >= 15 is 0 Å². The first-order chi connectivity index (χ1) is 58.4. The average Bonchev–Trinajstić information content (AvgIpc) is 1.65. The lowest BCUT2D eigenvalue weighted by atomic mass is 9.97. The van der Waals surface area contributed by atoms with Crippen molar-refractivity contribution >= 4 is 106 Å². The van der Waals surface area contributed by atoms with E-state index in [0.717, 1.165) is 62.2 Å². The first kappa shape index (κ1) is 100. The molecule has 6 fully saturated rings. The van der Waals surface area contributed by atoms with Gasteiger partial charge in [-0.2, -0.15) is 35.3 Å². The van der Waals surface area contributed by atoms with Crippen LogP contribution in [-0.4, -0.2) is 311 Å². The van der Waals surface area contributed by atoms with Crippen LogP contribution >= 0.6 is 35.3 Å². The molecular formula is C82H136N14O21S3. The summed E-state index contributed by atoms with van der Waals surface area (Å²) in [4.78, 5) is 152. The molecule has 678 valence electrons. The van der Waals surface area contributed by atoms with E-state index < -0.39 is 35.8 Å². The molecule has 38 heteroatoms. The highest BCUT2D eigenvalue weighted by molar-refractivity contribution is 8.00. The number of nitrogens with one attached hydrogen (secondary N) is 14. The monoisotopic (exact) mass is 1750 g/mol. The van der Waals surface area contributed by atoms with E-state index in [9.17, 15) is 57.5 Å². The Morgan fingerprint density at radius 2 is 0.617 bits per heavy atom. The molecule has 6 saturated heterocycles. The zero-order valence-electron chi connectivity index (χ0n) is 70.6. The minimum absolute atomic E-state index is 0.110. The molecule has 0 spiro atoms. The second-order valence-corrected chi connectivity index (χ2v) is 34.4. The maximum absolute atomic E-state index is 13.6. The molecule has 35 nitrogen and oxygen atoms in total. The molecule has 1 aromatic rings. The fraction of sp³-hybridized carbons (Fsp3) is 0.780. The molecule has 120 heavy (non-hydrogen) atoms. The third kappa shape index (κ3) is 39.3. The number of unbranched alkanes of at least 4 members (excludes halogenated alkanes) is 3. The fourth-order valence-corrected chi connectivity index (χ4v) is 19.3. The van der Waals surface area contributed by atoms with E-state index in [4.69, 9.17) is 42.6 Å². The molecule has 6 heterocycles. The Hall–Kier alpha value is -6.85. The molecule has 7 rings (SSSR count). The molecule has 0 bridgehead atoms. The van der Waals surface area contributed by atoms with Gasteiger partial charge in [-0.25, -0.2) is 9.59 Å². The SMILES string of the molecule is CCC(NC(=O)CCCCC1SCC2CC(=O)NC21)C(=O)NCCCOCCOCCOCCCNC(=O)c1cc(C(=O)NCCCOCCOCCOCCCNC(=O)C(CC)NC(=O)CCCCC2SCC3NC(=O)NC32)cc(C(=O)NCCCOCCOCCOCCCNC(=O)C(CC)NC(=O)CCCCC2SCC3NC(=O)NC32)c1. The van der Waals surface area contributed by atoms with Crippen molar-refractivity contribution in [1.29, 1.82) is 0 Å². The third-order valence-corrected chi connectivity index (χ3v) is 25.8. The minimum atomic E-state index is -0.614. The summed E-state index contributed by atoms with van der Waals surface area (Å²) in [5, 5.41) is 41.9. The van der Waals surface area contributed by atoms with Crippen LogP contribution in [0.2, 0.25) is 0 Å². The standard InChI is InChI=1S/C82H136N14O21S3/c1-4-60(89-68(97)22-10-7-19-65-72-59(53-118-65)52-71(100)94-72)78(104)86-28-16-34-112-40-46-115-43-37-109-31-13-25-83-75(101)56-49-57(76(102)84-26-14-32-110-38-44-116-47-41-113-35-17-29-87-79(105)61(5-2)90-69(98)23-11-8-20-66-73-63(54-119-66)92-81(107)95-73)51-58(50-56)77(103)85-27-15-33-111-39-45-117-48-42-114-36-18-30-88-80(106)62(6-3)91-70(99)24-12-9-21-67-74-64(55-120-67)93-82(108)96-74/h49-51,59-67,72-74H,4-48,52-55H2,1-3H3,(H,83,101)(H,84,102)(H,85,103)(H,86,104)(H,87,105)(H,88,106)(H,89,97)(H,90,98)(H,91,99)(H,94,100)(H2,92,95,107)(H2,93,96,108). The van der Waals surface area contributed by atoms with Crippen molar-refractivity contribution in [2.75, 3.05) is 175 Å². The quantitative estimate of drug-likeness (QED) is 0.0329. The van der Waals surface area contributed by atoms with Gasteiger partial charge in [0, 0.05) is 155 Å². The first-order valence-electron chi connectivity index (χ1n) is 43.6. The van der Waals surface area contributed by atoms with E-state index in [2.05, 4.69) is 74.4 Å². The second-order valence-electron chi connectivity index (χ2n) is 30.6. The Morgan fingerprint density at radius 3 is 0.917 bits per heavy atom. The van der Waals surface area contributed by atoms with E-state index in [0.29, 0.717) is 257 Å². The molecule has 14 N–H and O–H groups in total. The normalized spacial score (nSPS) is 20.7. The number of rotatable bonds is 69. The lowest BCUT2D eigenvalue weighted by Gasteiger charge is -2.18. The van der Waals surface area contributed by atoms with Gasteiger partial charge in [-0.1, -0.05) is 40.0 Å². The van der Waals surface area contributed by atoms with Gasteiger partial charge in [0.25, 0.3) is 17.7 Å². The Labute approximate surface area is 719 Å². The Bertz CT molecular complexity index is 2950. The summed E-state index contributed by atoms with van der Waals surface area (Å²) in [7, 11) is 0. The maximum Gasteiger partial charge on any atom is 0.315 e. The van der Waals surface area contributed by atoms with Gasteiger partial charge in [0.2, 0.25) is 41.4 Å². The summed E-state index contributed by atoms with van der Waals surface area (Å²) in [5.41, 5.74) is 0.356. The molecule has 6 aliphatic rings. The highest BCUT2D eigenvalue weighted by Gasteiger charge is 2.45. The second kappa shape index (κ2) is 59.9. The summed E-state index contributed by atoms with van der Waals surface area (Å²) in [6, 6.07) is 3.14. The number of benzene rings is 1. The number of carbonyl (C=O) groups excluding carboxylic acids is 12. The Balaban J connectivity index is 0.694. The highest BCUT2D eigenvalue weighted by atomic mass is 32.2. The summed E-state index contributed by atoms with van der Waals surface area (Å²) in [5.74, 6) is 0.773. The van der Waals surface area contributed by atoms with Crippen LogP contribution in [0, 0.1) is 5.92 Å². The largest absolute Gasteiger partial charge is 0.379 e. The van der Waals surface area contributed by atoms with Crippen LogP contribution in [0.3, 0.4) is 0 Å². The van der Waals surface area contributed by atoms with E-state index in [1.165, 1.54) is 18.2 Å². The topological polar surface area (TPSA) is 456 Å². The van der Waals surface area contributed by atoms with Crippen LogP contribution in [0.25, 0.3) is 0 Å². The average molecular weight is 1750 g/mol. The van der Waals surface area contributed by atoms with Gasteiger partial charge in [-0.15, -0.1) is 0 Å². The fourth-order valence-electron chi connectivity index (χ4n) is 14.5. The van der Waals surface area contributed by atoms with Crippen molar-refractivity contribution in [1.82, 2.24) is 74.4 Å². The molecule has 14 amide bonds. The van der Waals surface area contributed by atoms with Crippen LogP contribution in [0.1, 0.15) is 193 Å². The predicted octanol–water partition coefficient (Wildman–Crippen LogP) is 3.03. The zero-order chi connectivity index (χ0) is 85.7. The van der Waals surface area contributed by atoms with Crippen LogP contribution in [0.4, 0.5) is 9.59 Å². The molecule has 1 aromatic carbocycles. The number of thioether (sulfide) groups is 3. The van der Waals surface area contributed by atoms with Crippen molar-refractivity contribution in [2.45, 2.75) is 226 Å². The number of ether oxygens (including phenoxy) is 9. The van der Waals surface area contributed by atoms with Gasteiger partial charge in [0.05, 0.1) is 103 Å². The molecule has 6 aliphatic heterocycles. The van der Waals surface area contributed by atoms with Gasteiger partial charge in [-0.05, 0) is 126 Å². The lowest BCUT2D eigenvalue weighted by molar-refractivity contribution is -0.129.